The second kappa shape index (κ2) is 7.75. The van der Waals surface area contributed by atoms with E-state index in [-0.39, 0.29) is 5.91 Å². The van der Waals surface area contributed by atoms with Crippen molar-refractivity contribution in [1.29, 1.82) is 0 Å². The Kier molecular flexibility index (Phi) is 5.02. The lowest BCUT2D eigenvalue weighted by atomic mass is 9.90. The molecule has 0 unspecified atom stereocenters. The first-order chi connectivity index (χ1) is 13.3. The summed E-state index contributed by atoms with van der Waals surface area (Å²) in [5.41, 5.74) is 1.06. The van der Waals surface area contributed by atoms with Crippen molar-refractivity contribution in [2.45, 2.75) is 24.9 Å². The number of nitrogens with one attached hydrogen (secondary N) is 3. The molecule has 0 aliphatic carbocycles. The average molecular weight is 365 g/mol. The molecule has 4 rings (SSSR count). The predicted molar refractivity (Wildman–Crippen MR) is 103 cm³/mol. The molecule has 0 radical (unpaired) electrons. The van der Waals surface area contributed by atoms with Gasteiger partial charge < -0.3 is 20.4 Å². The van der Waals surface area contributed by atoms with Crippen LogP contribution in [-0.2, 0) is 11.2 Å². The van der Waals surface area contributed by atoms with Gasteiger partial charge in [0.25, 0.3) is 5.91 Å². The Morgan fingerprint density at radius 2 is 2.15 bits per heavy atom. The Morgan fingerprint density at radius 3 is 2.96 bits per heavy atom. The van der Waals surface area contributed by atoms with Gasteiger partial charge in [-0.15, -0.1) is 0 Å². The fourth-order valence-electron chi connectivity index (χ4n) is 3.44. The number of amides is 1. The Morgan fingerprint density at radius 1 is 1.26 bits per heavy atom. The molecule has 27 heavy (non-hydrogen) atoms. The van der Waals surface area contributed by atoms with E-state index in [1.807, 2.05) is 30.3 Å². The smallest absolute Gasteiger partial charge is 0.264 e. The van der Waals surface area contributed by atoms with Crippen molar-refractivity contribution in [3.8, 4) is 5.75 Å². The molecule has 0 bridgehead atoms. The normalized spacial score (nSPS) is 16.1. The summed E-state index contributed by atoms with van der Waals surface area (Å²) >= 11 is 0. The quantitative estimate of drug-likeness (QED) is 0.620. The molecular formula is C20H23N5O2. The van der Waals surface area contributed by atoms with Crippen molar-refractivity contribution in [2.75, 3.05) is 19.6 Å². The van der Waals surface area contributed by atoms with E-state index in [1.165, 1.54) is 0 Å². The van der Waals surface area contributed by atoms with E-state index in [1.54, 1.807) is 18.7 Å². The van der Waals surface area contributed by atoms with Gasteiger partial charge in [0.15, 0.2) is 5.60 Å². The van der Waals surface area contributed by atoms with Gasteiger partial charge in [0.2, 0.25) is 0 Å². The highest BCUT2D eigenvalue weighted by atomic mass is 16.5. The van der Waals surface area contributed by atoms with Crippen LogP contribution >= 0.6 is 0 Å². The van der Waals surface area contributed by atoms with Crippen LogP contribution in [0.5, 0.6) is 5.75 Å². The maximum Gasteiger partial charge on any atom is 0.264 e. The number of imidazole rings is 1. The maximum atomic E-state index is 13.0. The zero-order valence-corrected chi connectivity index (χ0v) is 15.1. The molecule has 1 saturated heterocycles. The number of aromatic nitrogens is 3. The third-order valence-electron chi connectivity index (χ3n) is 4.95. The van der Waals surface area contributed by atoms with Crippen molar-refractivity contribution < 1.29 is 9.53 Å². The molecule has 0 spiro atoms. The highest BCUT2D eigenvalue weighted by molar-refractivity contribution is 5.86. The number of hydrogen-bond donors (Lipinski definition) is 3. The van der Waals surface area contributed by atoms with Gasteiger partial charge in [-0.2, -0.15) is 0 Å². The first-order valence-electron chi connectivity index (χ1n) is 9.25. The van der Waals surface area contributed by atoms with Gasteiger partial charge in [-0.3, -0.25) is 9.78 Å². The van der Waals surface area contributed by atoms with Crippen LogP contribution in [0, 0.1) is 0 Å². The summed E-state index contributed by atoms with van der Waals surface area (Å²) in [4.78, 5) is 24.4. The minimum Gasteiger partial charge on any atom is -0.477 e. The van der Waals surface area contributed by atoms with Crippen LogP contribution in [-0.4, -0.2) is 46.1 Å². The Bertz CT molecular complexity index is 904. The van der Waals surface area contributed by atoms with E-state index < -0.39 is 5.60 Å². The van der Waals surface area contributed by atoms with Crippen molar-refractivity contribution in [1.82, 2.24) is 25.6 Å². The second-order valence-electron chi connectivity index (χ2n) is 6.79. The molecule has 140 valence electrons. The number of carbonyl (C=O) groups excluding carboxylic acids is 1. The summed E-state index contributed by atoms with van der Waals surface area (Å²) in [7, 11) is 0. The highest BCUT2D eigenvalue weighted by Crippen LogP contribution is 2.29. The molecule has 1 aromatic carbocycles. The number of fused-ring (bicyclic) bond motifs is 1. The Balaban J connectivity index is 1.49. The molecule has 3 N–H and O–H groups in total. The number of nitrogens with zero attached hydrogens (tertiary/aromatic N) is 2. The zero-order chi connectivity index (χ0) is 18.5. The molecule has 2 aromatic heterocycles. The zero-order valence-electron chi connectivity index (χ0n) is 15.1. The summed E-state index contributed by atoms with van der Waals surface area (Å²) in [5.74, 6) is 0.635. The lowest BCUT2D eigenvalue weighted by Crippen LogP contribution is -2.56. The summed E-state index contributed by atoms with van der Waals surface area (Å²) in [6.07, 6.45) is 7.16. The molecule has 1 amide bonds. The van der Waals surface area contributed by atoms with Crippen molar-refractivity contribution in [2.24, 2.45) is 0 Å². The van der Waals surface area contributed by atoms with E-state index in [0.717, 1.165) is 29.7 Å². The average Bonchev–Trinajstić information content (AvgIpc) is 3.22. The van der Waals surface area contributed by atoms with E-state index in [4.69, 9.17) is 4.74 Å². The molecule has 0 saturated carbocycles. The van der Waals surface area contributed by atoms with Gasteiger partial charge in [-0.1, -0.05) is 6.07 Å². The van der Waals surface area contributed by atoms with E-state index in [9.17, 15) is 4.79 Å². The molecule has 1 aliphatic rings. The molecule has 1 fully saturated rings. The second-order valence-corrected chi connectivity index (χ2v) is 6.79. The molecule has 3 heterocycles. The summed E-state index contributed by atoms with van der Waals surface area (Å²) in [6.45, 7) is 2.05. The first-order valence-corrected chi connectivity index (χ1v) is 9.25. The van der Waals surface area contributed by atoms with Crippen LogP contribution < -0.4 is 15.4 Å². The number of carbonyl (C=O) groups is 1. The van der Waals surface area contributed by atoms with Crippen molar-refractivity contribution >= 4 is 16.8 Å². The number of benzene rings is 1. The van der Waals surface area contributed by atoms with Crippen LogP contribution in [0.2, 0.25) is 0 Å². The number of piperidine rings is 1. The maximum absolute atomic E-state index is 13.0. The van der Waals surface area contributed by atoms with Gasteiger partial charge in [-0.05, 0) is 37.4 Å². The number of rotatable bonds is 6. The summed E-state index contributed by atoms with van der Waals surface area (Å²) < 4.78 is 6.30. The minimum atomic E-state index is -0.852. The topological polar surface area (TPSA) is 91.9 Å². The first kappa shape index (κ1) is 17.5. The van der Waals surface area contributed by atoms with E-state index >= 15 is 0 Å². The molecular weight excluding hydrogens is 342 g/mol. The molecule has 7 heteroatoms. The molecule has 0 atom stereocenters. The van der Waals surface area contributed by atoms with E-state index in [0.29, 0.717) is 31.6 Å². The Labute approximate surface area is 157 Å². The van der Waals surface area contributed by atoms with Crippen molar-refractivity contribution in [3.05, 3.63) is 54.7 Å². The summed E-state index contributed by atoms with van der Waals surface area (Å²) in [6, 6.07) is 9.65. The summed E-state index contributed by atoms with van der Waals surface area (Å²) in [5, 5.41) is 7.34. The van der Waals surface area contributed by atoms with Gasteiger partial charge in [0, 0.05) is 49.3 Å². The lowest BCUT2D eigenvalue weighted by Gasteiger charge is -2.36. The number of pyridine rings is 1. The number of ether oxygens (including phenoxy) is 1. The fraction of sp³-hybridized carbons (Fsp3) is 0.350. The van der Waals surface area contributed by atoms with Gasteiger partial charge in [0.1, 0.15) is 5.75 Å². The van der Waals surface area contributed by atoms with Crippen LogP contribution in [0.25, 0.3) is 10.9 Å². The SMILES string of the molecule is O=C(NCCc1cnc[nH]1)C1(Oc2ccc3ncccc3c2)CCNCC1. The number of hydrogen-bond acceptors (Lipinski definition) is 5. The van der Waals surface area contributed by atoms with Gasteiger partial charge in [-0.25, -0.2) is 4.98 Å². The van der Waals surface area contributed by atoms with Crippen LogP contribution in [0.4, 0.5) is 0 Å². The van der Waals surface area contributed by atoms with Crippen LogP contribution in [0.3, 0.4) is 0 Å². The molecule has 3 aromatic rings. The predicted octanol–water partition coefficient (Wildman–Crippen LogP) is 1.82. The fourth-order valence-corrected chi connectivity index (χ4v) is 3.44. The number of H-pyrrole nitrogens is 1. The molecule has 1 aliphatic heterocycles. The molecule has 7 nitrogen and oxygen atoms in total. The van der Waals surface area contributed by atoms with Gasteiger partial charge in [0.05, 0.1) is 11.8 Å². The van der Waals surface area contributed by atoms with Gasteiger partial charge >= 0.3 is 0 Å². The van der Waals surface area contributed by atoms with Crippen LogP contribution in [0.1, 0.15) is 18.5 Å². The Hall–Kier alpha value is -2.93. The third kappa shape index (κ3) is 3.93. The van der Waals surface area contributed by atoms with Crippen molar-refractivity contribution in [3.63, 3.8) is 0 Å². The third-order valence-corrected chi connectivity index (χ3v) is 4.95. The highest BCUT2D eigenvalue weighted by Gasteiger charge is 2.41. The lowest BCUT2D eigenvalue weighted by molar-refractivity contribution is -0.139. The number of aromatic amines is 1. The van der Waals surface area contributed by atoms with E-state index in [2.05, 4.69) is 25.6 Å². The monoisotopic (exact) mass is 365 g/mol. The minimum absolute atomic E-state index is 0.0604. The van der Waals surface area contributed by atoms with Crippen LogP contribution in [0.15, 0.2) is 49.1 Å². The standard InChI is InChI=1S/C20H23N5O2/c26-19(24-9-5-16-13-22-14-25-16)20(6-10-21-11-7-20)27-17-3-4-18-15(12-17)2-1-8-23-18/h1-4,8,12-14,21H,5-7,9-11H2,(H,22,25)(H,24,26). The largest absolute Gasteiger partial charge is 0.477 e.